The smallest absolute Gasteiger partial charge is 0.228 e. The first-order chi connectivity index (χ1) is 12.7. The number of anilines is 2. The third-order valence-electron chi connectivity index (χ3n) is 3.91. The van der Waals surface area contributed by atoms with E-state index in [1.165, 1.54) is 17.7 Å². The molecular formula is C19H20FN5O. The molecule has 0 aliphatic heterocycles. The first-order valence-corrected chi connectivity index (χ1v) is 8.35. The van der Waals surface area contributed by atoms with Crippen molar-refractivity contribution in [1.82, 2.24) is 15.0 Å². The number of rotatable bonds is 7. The van der Waals surface area contributed by atoms with Crippen molar-refractivity contribution in [1.29, 1.82) is 0 Å². The van der Waals surface area contributed by atoms with Gasteiger partial charge in [-0.2, -0.15) is 15.0 Å². The summed E-state index contributed by atoms with van der Waals surface area (Å²) < 4.78 is 14.2. The Bertz CT molecular complexity index is 873. The van der Waals surface area contributed by atoms with Crippen LogP contribution in [-0.4, -0.2) is 26.6 Å². The van der Waals surface area contributed by atoms with Crippen molar-refractivity contribution in [3.8, 4) is 11.4 Å². The molecule has 2 aromatic carbocycles. The number of aliphatic hydroxyl groups excluding tert-OH is 1. The summed E-state index contributed by atoms with van der Waals surface area (Å²) in [5, 5.41) is 12.5. The van der Waals surface area contributed by atoms with Gasteiger partial charge in [0, 0.05) is 6.54 Å². The lowest BCUT2D eigenvalue weighted by atomic mass is 10.1. The van der Waals surface area contributed by atoms with Gasteiger partial charge in [-0.15, -0.1) is 0 Å². The molecule has 1 heterocycles. The number of benzene rings is 2. The molecule has 0 radical (unpaired) electrons. The molecule has 0 aliphatic carbocycles. The first kappa shape index (κ1) is 17.8. The number of nitrogens with one attached hydrogen (secondary N) is 1. The zero-order valence-electron chi connectivity index (χ0n) is 14.2. The maximum Gasteiger partial charge on any atom is 0.228 e. The van der Waals surface area contributed by atoms with E-state index in [1.807, 2.05) is 18.2 Å². The van der Waals surface area contributed by atoms with Gasteiger partial charge in [0.2, 0.25) is 11.9 Å². The second kappa shape index (κ2) is 8.35. The Hall–Kier alpha value is -3.06. The molecule has 0 unspecified atom stereocenters. The fourth-order valence-corrected chi connectivity index (χ4v) is 2.67. The van der Waals surface area contributed by atoms with E-state index in [0.29, 0.717) is 12.1 Å². The summed E-state index contributed by atoms with van der Waals surface area (Å²) in [6.45, 7) is 0.320. The Morgan fingerprint density at radius 3 is 2.58 bits per heavy atom. The number of aryl methyl sites for hydroxylation is 1. The second-order valence-electron chi connectivity index (χ2n) is 5.79. The van der Waals surface area contributed by atoms with Crippen LogP contribution in [0.4, 0.5) is 16.3 Å². The highest BCUT2D eigenvalue weighted by Crippen LogP contribution is 2.25. The van der Waals surface area contributed by atoms with Crippen LogP contribution in [-0.2, 0) is 13.0 Å². The summed E-state index contributed by atoms with van der Waals surface area (Å²) in [4.78, 5) is 12.3. The Kier molecular flexibility index (Phi) is 5.70. The zero-order valence-corrected chi connectivity index (χ0v) is 14.2. The molecule has 0 spiro atoms. The van der Waals surface area contributed by atoms with Crippen molar-refractivity contribution in [3.63, 3.8) is 0 Å². The molecule has 3 aromatic rings. The molecule has 0 saturated carbocycles. The molecule has 0 fully saturated rings. The molecule has 0 bridgehead atoms. The van der Waals surface area contributed by atoms with E-state index in [-0.39, 0.29) is 29.9 Å². The molecule has 0 aliphatic rings. The van der Waals surface area contributed by atoms with Gasteiger partial charge >= 0.3 is 0 Å². The number of aliphatic hydroxyl groups is 1. The van der Waals surface area contributed by atoms with E-state index in [0.717, 1.165) is 12.8 Å². The molecular weight excluding hydrogens is 333 g/mol. The zero-order chi connectivity index (χ0) is 18.4. The molecule has 6 nitrogen and oxygen atoms in total. The van der Waals surface area contributed by atoms with Crippen LogP contribution in [0.1, 0.15) is 17.5 Å². The van der Waals surface area contributed by atoms with Gasteiger partial charge in [-0.3, -0.25) is 0 Å². The lowest BCUT2D eigenvalue weighted by Gasteiger charge is -2.10. The standard InChI is InChI=1S/C19H20FN5O/c20-15-10-4-9-14(12-26)16(15)17-23-18(21)25-19(24-17)22-11-5-8-13-6-2-1-3-7-13/h1-4,6-7,9-10,26H,5,8,11-12H2,(H3,21,22,23,24,25). The molecule has 1 aromatic heterocycles. The van der Waals surface area contributed by atoms with Crippen molar-refractivity contribution < 1.29 is 9.50 Å². The van der Waals surface area contributed by atoms with Crippen molar-refractivity contribution in [3.05, 3.63) is 65.5 Å². The number of nitrogen functional groups attached to an aromatic ring is 1. The minimum atomic E-state index is -0.517. The minimum absolute atomic E-state index is 0.00676. The van der Waals surface area contributed by atoms with Crippen LogP contribution in [0, 0.1) is 5.82 Å². The van der Waals surface area contributed by atoms with E-state index in [9.17, 15) is 9.50 Å². The summed E-state index contributed by atoms with van der Waals surface area (Å²) in [6.07, 6.45) is 1.80. The van der Waals surface area contributed by atoms with Crippen LogP contribution in [0.2, 0.25) is 0 Å². The largest absolute Gasteiger partial charge is 0.392 e. The predicted molar refractivity (Wildman–Crippen MR) is 98.8 cm³/mol. The molecule has 0 atom stereocenters. The van der Waals surface area contributed by atoms with Crippen LogP contribution >= 0.6 is 0 Å². The second-order valence-corrected chi connectivity index (χ2v) is 5.79. The topological polar surface area (TPSA) is 97.0 Å². The Balaban J connectivity index is 1.72. The van der Waals surface area contributed by atoms with Crippen LogP contribution in [0.3, 0.4) is 0 Å². The third kappa shape index (κ3) is 4.31. The van der Waals surface area contributed by atoms with Gasteiger partial charge < -0.3 is 16.2 Å². The summed E-state index contributed by atoms with van der Waals surface area (Å²) in [5.41, 5.74) is 7.53. The van der Waals surface area contributed by atoms with E-state index >= 15 is 0 Å². The average molecular weight is 353 g/mol. The summed E-state index contributed by atoms with van der Waals surface area (Å²) in [5.74, 6) is -0.136. The molecule has 0 amide bonds. The minimum Gasteiger partial charge on any atom is -0.392 e. The van der Waals surface area contributed by atoms with Gasteiger partial charge in [0.1, 0.15) is 5.82 Å². The number of nitrogens with two attached hydrogens (primary N) is 1. The monoisotopic (exact) mass is 353 g/mol. The van der Waals surface area contributed by atoms with E-state index in [1.54, 1.807) is 6.07 Å². The fraction of sp³-hybridized carbons (Fsp3) is 0.211. The van der Waals surface area contributed by atoms with Gasteiger partial charge in [0.05, 0.1) is 12.2 Å². The third-order valence-corrected chi connectivity index (χ3v) is 3.91. The van der Waals surface area contributed by atoms with Crippen molar-refractivity contribution in [2.24, 2.45) is 0 Å². The maximum absolute atomic E-state index is 14.2. The van der Waals surface area contributed by atoms with Crippen LogP contribution in [0.15, 0.2) is 48.5 Å². The van der Waals surface area contributed by atoms with Gasteiger partial charge in [0.15, 0.2) is 5.82 Å². The van der Waals surface area contributed by atoms with Crippen molar-refractivity contribution in [2.75, 3.05) is 17.6 Å². The molecule has 7 heteroatoms. The van der Waals surface area contributed by atoms with Gasteiger partial charge in [0.25, 0.3) is 0 Å². The van der Waals surface area contributed by atoms with Crippen LogP contribution < -0.4 is 11.1 Å². The van der Waals surface area contributed by atoms with E-state index < -0.39 is 5.82 Å². The maximum atomic E-state index is 14.2. The van der Waals surface area contributed by atoms with Crippen molar-refractivity contribution >= 4 is 11.9 Å². The number of aromatic nitrogens is 3. The summed E-state index contributed by atoms with van der Waals surface area (Å²) in [7, 11) is 0. The SMILES string of the molecule is Nc1nc(NCCCc2ccccc2)nc(-c2c(F)cccc2CO)n1. The summed E-state index contributed by atoms with van der Waals surface area (Å²) in [6, 6.07) is 14.6. The quantitative estimate of drug-likeness (QED) is 0.565. The number of halogens is 1. The highest BCUT2D eigenvalue weighted by molar-refractivity contribution is 5.62. The number of nitrogens with zero attached hydrogens (tertiary/aromatic N) is 3. The number of hydrogen-bond acceptors (Lipinski definition) is 6. The van der Waals surface area contributed by atoms with E-state index in [2.05, 4.69) is 32.4 Å². The van der Waals surface area contributed by atoms with Gasteiger partial charge in [-0.1, -0.05) is 42.5 Å². The number of hydrogen-bond donors (Lipinski definition) is 3. The highest BCUT2D eigenvalue weighted by atomic mass is 19.1. The normalized spacial score (nSPS) is 10.7. The Morgan fingerprint density at radius 2 is 1.81 bits per heavy atom. The highest BCUT2D eigenvalue weighted by Gasteiger charge is 2.15. The fourth-order valence-electron chi connectivity index (χ4n) is 2.67. The van der Waals surface area contributed by atoms with Crippen LogP contribution in [0.5, 0.6) is 0 Å². The molecule has 3 rings (SSSR count). The molecule has 0 saturated heterocycles. The van der Waals surface area contributed by atoms with Crippen LogP contribution in [0.25, 0.3) is 11.4 Å². The molecule has 4 N–H and O–H groups in total. The summed E-state index contributed by atoms with van der Waals surface area (Å²) >= 11 is 0. The predicted octanol–water partition coefficient (Wildman–Crippen LogP) is 2.80. The van der Waals surface area contributed by atoms with Gasteiger partial charge in [-0.25, -0.2) is 4.39 Å². The first-order valence-electron chi connectivity index (χ1n) is 8.35. The van der Waals surface area contributed by atoms with Gasteiger partial charge in [-0.05, 0) is 30.0 Å². The Morgan fingerprint density at radius 1 is 1.00 bits per heavy atom. The Labute approximate surface area is 151 Å². The van der Waals surface area contributed by atoms with Crippen molar-refractivity contribution in [2.45, 2.75) is 19.4 Å². The lowest BCUT2D eigenvalue weighted by Crippen LogP contribution is -2.11. The van der Waals surface area contributed by atoms with E-state index in [4.69, 9.17) is 5.73 Å². The lowest BCUT2D eigenvalue weighted by molar-refractivity contribution is 0.282. The average Bonchev–Trinajstić information content (AvgIpc) is 2.65. The molecule has 26 heavy (non-hydrogen) atoms. The molecule has 134 valence electrons.